The van der Waals surface area contributed by atoms with Crippen molar-refractivity contribution in [2.24, 2.45) is 0 Å². The number of nitrogens with one attached hydrogen (secondary N) is 6. The van der Waals surface area contributed by atoms with Crippen molar-refractivity contribution in [3.63, 3.8) is 0 Å². The molecule has 0 aliphatic carbocycles. The highest BCUT2D eigenvalue weighted by atomic mass is 16.5. The van der Waals surface area contributed by atoms with Crippen LogP contribution in [0.15, 0.2) is 0 Å². The Bertz CT molecular complexity index is 1560. The van der Waals surface area contributed by atoms with Crippen molar-refractivity contribution in [2.75, 3.05) is 72.5 Å². The number of carbonyl (C=O) groups is 9. The first-order valence-corrected chi connectivity index (χ1v) is 27.4. The van der Waals surface area contributed by atoms with Crippen LogP contribution in [0.2, 0.25) is 0 Å². The van der Waals surface area contributed by atoms with E-state index in [2.05, 4.69) is 38.8 Å². The maximum Gasteiger partial charge on any atom is 0.326 e. The number of carbonyl (C=O) groups excluding carboxylic acids is 6. The molecule has 0 aromatic heterocycles. The van der Waals surface area contributed by atoms with E-state index in [1.807, 2.05) is 6.92 Å². The summed E-state index contributed by atoms with van der Waals surface area (Å²) in [5.41, 5.74) is 0. The normalized spacial score (nSPS) is 12.2. The number of unbranched alkanes of at least 4 members (excludes halogenated alkanes) is 18. The smallest absolute Gasteiger partial charge is 0.326 e. The zero-order chi connectivity index (χ0) is 54.9. The molecule has 0 spiro atoms. The summed E-state index contributed by atoms with van der Waals surface area (Å²) < 4.78 is 21.2. The topological polar surface area (TPSA) is 323 Å². The van der Waals surface area contributed by atoms with Crippen LogP contribution in [0, 0.1) is 0 Å². The van der Waals surface area contributed by atoms with Crippen molar-refractivity contribution in [1.29, 1.82) is 0 Å². The fourth-order valence-corrected chi connectivity index (χ4v) is 7.50. The maximum absolute atomic E-state index is 12.4. The average Bonchev–Trinajstić information content (AvgIpc) is 3.36. The molecule has 0 fully saturated rings. The largest absolute Gasteiger partial charge is 0.480 e. The lowest BCUT2D eigenvalue weighted by Gasteiger charge is -2.17. The fourth-order valence-electron chi connectivity index (χ4n) is 7.50. The molecule has 0 unspecified atom stereocenters. The molecule has 22 heteroatoms. The van der Waals surface area contributed by atoms with Crippen molar-refractivity contribution in [1.82, 2.24) is 31.9 Å². The summed E-state index contributed by atoms with van der Waals surface area (Å²) in [6.07, 6.45) is 23.0. The lowest BCUT2D eigenvalue weighted by Crippen LogP contribution is -2.45. The van der Waals surface area contributed by atoms with Gasteiger partial charge in [-0.1, -0.05) is 129 Å². The molecule has 0 aliphatic rings. The predicted molar refractivity (Wildman–Crippen MR) is 277 cm³/mol. The Morgan fingerprint density at radius 2 is 0.635 bits per heavy atom. The second kappa shape index (κ2) is 49.0. The summed E-state index contributed by atoms with van der Waals surface area (Å²) in [4.78, 5) is 108. The monoisotopic (exact) mass is 1060 g/mol. The van der Waals surface area contributed by atoms with Gasteiger partial charge in [-0.15, -0.1) is 0 Å². The van der Waals surface area contributed by atoms with Crippen molar-refractivity contribution < 1.29 is 77.4 Å². The molecule has 428 valence electrons. The van der Waals surface area contributed by atoms with Crippen LogP contribution in [0.4, 0.5) is 0 Å². The molecule has 3 atom stereocenters. The number of aliphatic carboxylic acids is 3. The number of carboxylic acid groups (broad SMARTS) is 3. The quantitative estimate of drug-likeness (QED) is 0.0374. The van der Waals surface area contributed by atoms with Crippen molar-refractivity contribution in [3.8, 4) is 0 Å². The minimum absolute atomic E-state index is 0.0217. The second-order valence-electron chi connectivity index (χ2n) is 18.5. The molecule has 9 N–H and O–H groups in total. The molecule has 0 heterocycles. The summed E-state index contributed by atoms with van der Waals surface area (Å²) >= 11 is 0. The van der Waals surface area contributed by atoms with Gasteiger partial charge in [0.2, 0.25) is 35.4 Å². The van der Waals surface area contributed by atoms with Gasteiger partial charge in [0.1, 0.15) is 31.3 Å². The Balaban J connectivity index is 3.91. The molecule has 0 aliphatic heterocycles. The second-order valence-corrected chi connectivity index (χ2v) is 18.5. The first kappa shape index (κ1) is 69.1. The Morgan fingerprint density at radius 1 is 0.324 bits per heavy atom. The highest BCUT2D eigenvalue weighted by molar-refractivity contribution is 5.87. The summed E-state index contributed by atoms with van der Waals surface area (Å²) in [5, 5.41) is 43.5. The summed E-state index contributed by atoms with van der Waals surface area (Å²) in [7, 11) is 0. The van der Waals surface area contributed by atoms with E-state index in [0.29, 0.717) is 13.0 Å². The Morgan fingerprint density at radius 3 is 1.05 bits per heavy atom. The van der Waals surface area contributed by atoms with E-state index in [9.17, 15) is 58.5 Å². The third kappa shape index (κ3) is 44.5. The van der Waals surface area contributed by atoms with E-state index < -0.39 is 66.8 Å². The molecule has 0 saturated heterocycles. The molecule has 0 saturated carbocycles. The minimum atomic E-state index is -1.44. The zero-order valence-corrected chi connectivity index (χ0v) is 44.8. The van der Waals surface area contributed by atoms with Gasteiger partial charge in [0.15, 0.2) is 0 Å². The molecule has 0 radical (unpaired) electrons. The lowest BCUT2D eigenvalue weighted by atomic mass is 10.0. The van der Waals surface area contributed by atoms with Crippen LogP contribution >= 0.6 is 0 Å². The lowest BCUT2D eigenvalue weighted by molar-refractivity contribution is -0.144. The Labute approximate surface area is 439 Å². The SMILES string of the molecule is CCCCCCCCCCCCCCCCCCCC(=O)N[C@@H](CCC(=O)NCCOCCOCC(=O)NCCOCCOCC(=O)N[C@@H](CCC(=O)N[C@@H](CCC(=O)NCCCCC)C(=O)O)C(=O)O)C(=O)O. The van der Waals surface area contributed by atoms with Gasteiger partial charge in [-0.25, -0.2) is 14.4 Å². The molecule has 0 bridgehead atoms. The maximum atomic E-state index is 12.4. The van der Waals surface area contributed by atoms with E-state index in [1.165, 1.54) is 83.5 Å². The zero-order valence-electron chi connectivity index (χ0n) is 44.8. The van der Waals surface area contributed by atoms with Gasteiger partial charge in [0.25, 0.3) is 0 Å². The molecule has 0 aromatic rings. The number of hydrogen-bond acceptors (Lipinski definition) is 13. The average molecular weight is 1060 g/mol. The molecule has 6 amide bonds. The molecular formula is C52H94N6O16. The first-order chi connectivity index (χ1) is 35.7. The summed E-state index contributed by atoms with van der Waals surface area (Å²) in [5.74, 6) is -6.88. The van der Waals surface area contributed by atoms with Crippen LogP contribution in [-0.2, 0) is 62.1 Å². The van der Waals surface area contributed by atoms with E-state index >= 15 is 0 Å². The highest BCUT2D eigenvalue weighted by Crippen LogP contribution is 2.15. The highest BCUT2D eigenvalue weighted by Gasteiger charge is 2.25. The summed E-state index contributed by atoms with van der Waals surface area (Å²) in [6.45, 7) is 4.95. The molecule has 0 rings (SSSR count). The minimum Gasteiger partial charge on any atom is -0.480 e. The third-order valence-electron chi connectivity index (χ3n) is 11.8. The van der Waals surface area contributed by atoms with Gasteiger partial charge in [-0.3, -0.25) is 28.8 Å². The third-order valence-corrected chi connectivity index (χ3v) is 11.8. The summed E-state index contributed by atoms with van der Waals surface area (Å²) in [6, 6.07) is -3.94. The standard InChI is InChI=1S/C52H94N6O16/c1-3-5-7-8-9-10-11-12-13-14-15-16-17-18-19-20-21-23-46(61)56-41(50(65)66)25-28-45(60)54-31-33-71-35-37-73-39-48(63)55-32-34-72-36-38-74-40-49(64)58-43(52(69)70)26-29-47(62)57-42(51(67)68)24-27-44(59)53-30-22-6-4-2/h41-43H,3-40H2,1-2H3,(H,53,59)(H,54,60)(H,55,63)(H,56,61)(H,57,62)(H,58,64)(H,65,66)(H,67,68)(H,69,70)/t41-,42-,43-/m0/s1. The van der Waals surface area contributed by atoms with Crippen molar-refractivity contribution >= 4 is 53.4 Å². The Hall–Kier alpha value is -4.93. The molecule has 0 aromatic carbocycles. The van der Waals surface area contributed by atoms with Crippen LogP contribution in [-0.4, -0.2) is 159 Å². The first-order valence-electron chi connectivity index (χ1n) is 27.4. The molecular weight excluding hydrogens is 965 g/mol. The van der Waals surface area contributed by atoms with E-state index in [1.54, 1.807) is 0 Å². The molecule has 74 heavy (non-hydrogen) atoms. The van der Waals surface area contributed by atoms with Crippen LogP contribution < -0.4 is 31.9 Å². The van der Waals surface area contributed by atoms with Crippen LogP contribution in [0.5, 0.6) is 0 Å². The van der Waals surface area contributed by atoms with Gasteiger partial charge in [-0.2, -0.15) is 0 Å². The van der Waals surface area contributed by atoms with E-state index in [-0.39, 0.29) is 116 Å². The van der Waals surface area contributed by atoms with Crippen molar-refractivity contribution in [2.45, 2.75) is 205 Å². The van der Waals surface area contributed by atoms with Crippen LogP contribution in [0.1, 0.15) is 187 Å². The van der Waals surface area contributed by atoms with Gasteiger partial charge in [0.05, 0.1) is 39.6 Å². The number of rotatable bonds is 53. The van der Waals surface area contributed by atoms with E-state index in [0.717, 1.165) is 38.5 Å². The number of carboxylic acids is 3. The van der Waals surface area contributed by atoms with Gasteiger partial charge >= 0.3 is 17.9 Å². The molecule has 22 nitrogen and oxygen atoms in total. The fraction of sp³-hybridized carbons (Fsp3) is 0.827. The van der Waals surface area contributed by atoms with Crippen molar-refractivity contribution in [3.05, 3.63) is 0 Å². The number of hydrogen-bond donors (Lipinski definition) is 9. The van der Waals surface area contributed by atoms with Gasteiger partial charge in [-0.05, 0) is 32.1 Å². The predicted octanol–water partition coefficient (Wildman–Crippen LogP) is 4.68. The van der Waals surface area contributed by atoms with Gasteiger partial charge < -0.3 is 66.2 Å². The number of ether oxygens (including phenoxy) is 4. The number of amides is 6. The van der Waals surface area contributed by atoms with E-state index in [4.69, 9.17) is 18.9 Å². The van der Waals surface area contributed by atoms with Crippen LogP contribution in [0.3, 0.4) is 0 Å². The van der Waals surface area contributed by atoms with Crippen LogP contribution in [0.25, 0.3) is 0 Å². The van der Waals surface area contributed by atoms with Gasteiger partial charge in [0, 0.05) is 45.3 Å². The Kier molecular flexibility index (Phi) is 45.7.